The van der Waals surface area contributed by atoms with E-state index < -0.39 is 0 Å². The number of nitrogens with two attached hydrogens (primary N) is 1. The van der Waals surface area contributed by atoms with E-state index in [-0.39, 0.29) is 11.5 Å². The maximum absolute atomic E-state index is 6.34. The van der Waals surface area contributed by atoms with Crippen molar-refractivity contribution in [1.82, 2.24) is 5.43 Å². The number of hydrogen-bond donors (Lipinski definition) is 2. The Labute approximate surface area is 129 Å². The second kappa shape index (κ2) is 6.72. The third-order valence-electron chi connectivity index (χ3n) is 4.24. The van der Waals surface area contributed by atoms with Gasteiger partial charge in [-0.1, -0.05) is 55.8 Å². The number of hydrazine groups is 1. The molecule has 0 fully saturated rings. The molecule has 20 heavy (non-hydrogen) atoms. The van der Waals surface area contributed by atoms with Gasteiger partial charge in [0, 0.05) is 10.3 Å². The Kier molecular flexibility index (Phi) is 5.22. The molecule has 0 aliphatic carbocycles. The van der Waals surface area contributed by atoms with E-state index in [0.29, 0.717) is 0 Å². The lowest BCUT2D eigenvalue weighted by Crippen LogP contribution is -2.43. The number of thiophene rings is 1. The first-order valence-electron chi connectivity index (χ1n) is 6.94. The van der Waals surface area contributed by atoms with E-state index in [0.717, 1.165) is 22.7 Å². The molecular formula is C16H21ClN2S. The van der Waals surface area contributed by atoms with Gasteiger partial charge in [-0.15, -0.1) is 11.3 Å². The molecule has 2 nitrogen and oxygen atoms in total. The summed E-state index contributed by atoms with van der Waals surface area (Å²) in [7, 11) is 0. The molecule has 1 aromatic heterocycles. The molecule has 0 saturated carbocycles. The van der Waals surface area contributed by atoms with Crippen molar-refractivity contribution in [3.8, 4) is 0 Å². The minimum Gasteiger partial charge on any atom is -0.271 e. The fourth-order valence-electron chi connectivity index (χ4n) is 3.00. The first-order chi connectivity index (χ1) is 9.69. The minimum absolute atomic E-state index is 0.0207. The zero-order valence-corrected chi connectivity index (χ0v) is 13.5. The third kappa shape index (κ3) is 2.63. The van der Waals surface area contributed by atoms with Gasteiger partial charge in [-0.05, 0) is 29.9 Å². The molecule has 0 bridgehead atoms. The molecule has 2 aromatic rings. The van der Waals surface area contributed by atoms with E-state index in [1.807, 2.05) is 17.5 Å². The summed E-state index contributed by atoms with van der Waals surface area (Å²) in [5.74, 6) is 5.91. The SMILES string of the molecule is CCC(CC)(c1ccccc1)C(NN)c1sccc1Cl. The third-order valence-corrected chi connectivity index (χ3v) is 5.66. The van der Waals surface area contributed by atoms with Crippen LogP contribution < -0.4 is 11.3 Å². The van der Waals surface area contributed by atoms with Crippen molar-refractivity contribution >= 4 is 22.9 Å². The van der Waals surface area contributed by atoms with Crippen LogP contribution in [0.5, 0.6) is 0 Å². The van der Waals surface area contributed by atoms with Crippen molar-refractivity contribution in [2.45, 2.75) is 38.1 Å². The predicted octanol–water partition coefficient (Wildman–Crippen LogP) is 4.66. The first-order valence-corrected chi connectivity index (χ1v) is 8.20. The summed E-state index contributed by atoms with van der Waals surface area (Å²) in [5.41, 5.74) is 4.26. The average molecular weight is 309 g/mol. The molecule has 108 valence electrons. The Hall–Kier alpha value is -0.870. The molecule has 1 heterocycles. The Morgan fingerprint density at radius 1 is 1.20 bits per heavy atom. The number of hydrogen-bond acceptors (Lipinski definition) is 3. The van der Waals surface area contributed by atoms with E-state index in [2.05, 4.69) is 43.5 Å². The average Bonchev–Trinajstić information content (AvgIpc) is 2.91. The molecule has 3 N–H and O–H groups in total. The molecule has 1 aromatic carbocycles. The lowest BCUT2D eigenvalue weighted by atomic mass is 9.70. The fraction of sp³-hybridized carbons (Fsp3) is 0.375. The molecule has 1 unspecified atom stereocenters. The summed E-state index contributed by atoms with van der Waals surface area (Å²) >= 11 is 8.00. The summed E-state index contributed by atoms with van der Waals surface area (Å²) < 4.78 is 0. The zero-order chi connectivity index (χ0) is 14.6. The number of halogens is 1. The van der Waals surface area contributed by atoms with Gasteiger partial charge in [-0.2, -0.15) is 0 Å². The van der Waals surface area contributed by atoms with Crippen molar-refractivity contribution in [2.24, 2.45) is 5.84 Å². The van der Waals surface area contributed by atoms with Crippen LogP contribution in [0.15, 0.2) is 41.8 Å². The van der Waals surface area contributed by atoms with Crippen LogP contribution in [0, 0.1) is 0 Å². The molecule has 0 aliphatic rings. The van der Waals surface area contributed by atoms with E-state index in [4.69, 9.17) is 17.4 Å². The number of nitrogens with one attached hydrogen (secondary N) is 1. The molecule has 4 heteroatoms. The Morgan fingerprint density at radius 3 is 2.30 bits per heavy atom. The van der Waals surface area contributed by atoms with E-state index in [9.17, 15) is 0 Å². The molecule has 2 rings (SSSR count). The van der Waals surface area contributed by atoms with Gasteiger partial charge in [0.05, 0.1) is 11.1 Å². The molecule has 0 amide bonds. The summed E-state index contributed by atoms with van der Waals surface area (Å²) in [6.45, 7) is 4.42. The highest BCUT2D eigenvalue weighted by atomic mass is 35.5. The predicted molar refractivity (Wildman–Crippen MR) is 88.1 cm³/mol. The summed E-state index contributed by atoms with van der Waals surface area (Å²) in [6, 6.07) is 12.5. The van der Waals surface area contributed by atoms with Crippen LogP contribution in [0.1, 0.15) is 43.2 Å². The number of rotatable bonds is 6. The Balaban J connectivity index is 2.54. The topological polar surface area (TPSA) is 38.0 Å². The normalized spacial score (nSPS) is 13.4. The second-order valence-corrected chi connectivity index (χ2v) is 6.32. The van der Waals surface area contributed by atoms with E-state index in [1.165, 1.54) is 5.56 Å². The molecule has 1 atom stereocenters. The van der Waals surface area contributed by atoms with Crippen LogP contribution >= 0.6 is 22.9 Å². The molecule has 0 radical (unpaired) electrons. The van der Waals surface area contributed by atoms with Gasteiger partial charge in [-0.3, -0.25) is 11.3 Å². The van der Waals surface area contributed by atoms with Crippen LogP contribution in [-0.2, 0) is 5.41 Å². The van der Waals surface area contributed by atoms with Crippen molar-refractivity contribution in [3.63, 3.8) is 0 Å². The summed E-state index contributed by atoms with van der Waals surface area (Å²) in [6.07, 6.45) is 1.99. The van der Waals surface area contributed by atoms with E-state index in [1.54, 1.807) is 11.3 Å². The van der Waals surface area contributed by atoms with Crippen LogP contribution in [0.25, 0.3) is 0 Å². The maximum atomic E-state index is 6.34. The van der Waals surface area contributed by atoms with Crippen molar-refractivity contribution in [2.75, 3.05) is 0 Å². The quantitative estimate of drug-likeness (QED) is 0.601. The van der Waals surface area contributed by atoms with Gasteiger partial charge in [-0.25, -0.2) is 0 Å². The van der Waals surface area contributed by atoms with Gasteiger partial charge in [0.25, 0.3) is 0 Å². The maximum Gasteiger partial charge on any atom is 0.0664 e. The lowest BCUT2D eigenvalue weighted by molar-refractivity contribution is 0.280. The molecule has 0 saturated heterocycles. The van der Waals surface area contributed by atoms with Crippen LogP contribution in [0.4, 0.5) is 0 Å². The monoisotopic (exact) mass is 308 g/mol. The number of benzene rings is 1. The highest BCUT2D eigenvalue weighted by molar-refractivity contribution is 7.10. The van der Waals surface area contributed by atoms with Gasteiger partial charge in [0.15, 0.2) is 0 Å². The van der Waals surface area contributed by atoms with Gasteiger partial charge in [0.1, 0.15) is 0 Å². The molecule has 0 aliphatic heterocycles. The van der Waals surface area contributed by atoms with Crippen molar-refractivity contribution in [3.05, 3.63) is 57.2 Å². The zero-order valence-electron chi connectivity index (χ0n) is 11.9. The largest absolute Gasteiger partial charge is 0.271 e. The summed E-state index contributed by atoms with van der Waals surface area (Å²) in [4.78, 5) is 1.11. The first kappa shape index (κ1) is 15.5. The lowest BCUT2D eigenvalue weighted by Gasteiger charge is -2.39. The van der Waals surface area contributed by atoms with E-state index >= 15 is 0 Å². The molecule has 0 spiro atoms. The second-order valence-electron chi connectivity index (χ2n) is 4.96. The van der Waals surface area contributed by atoms with Gasteiger partial charge < -0.3 is 0 Å². The summed E-state index contributed by atoms with van der Waals surface area (Å²) in [5, 5.41) is 2.81. The molecular weight excluding hydrogens is 288 g/mol. The van der Waals surface area contributed by atoms with Gasteiger partial charge >= 0.3 is 0 Å². The van der Waals surface area contributed by atoms with Crippen molar-refractivity contribution < 1.29 is 0 Å². The van der Waals surface area contributed by atoms with Crippen LogP contribution in [0.2, 0.25) is 5.02 Å². The minimum atomic E-state index is -0.0511. The Morgan fingerprint density at radius 2 is 1.85 bits per heavy atom. The highest BCUT2D eigenvalue weighted by Gasteiger charge is 2.39. The van der Waals surface area contributed by atoms with Crippen molar-refractivity contribution in [1.29, 1.82) is 0 Å². The van der Waals surface area contributed by atoms with Crippen LogP contribution in [0.3, 0.4) is 0 Å². The van der Waals surface area contributed by atoms with Crippen LogP contribution in [-0.4, -0.2) is 0 Å². The standard InChI is InChI=1S/C16H21ClN2S/c1-3-16(4-2,12-8-6-5-7-9-12)15(19-18)14-13(17)10-11-20-14/h5-11,15,19H,3-4,18H2,1-2H3. The highest BCUT2D eigenvalue weighted by Crippen LogP contribution is 2.46. The smallest absolute Gasteiger partial charge is 0.0664 e. The fourth-order valence-corrected chi connectivity index (χ4v) is 4.34. The van der Waals surface area contributed by atoms with Gasteiger partial charge in [0.2, 0.25) is 0 Å². The Bertz CT molecular complexity index is 534.